The van der Waals surface area contributed by atoms with Gasteiger partial charge in [-0.3, -0.25) is 0 Å². The first-order chi connectivity index (χ1) is 9.66. The van der Waals surface area contributed by atoms with Crippen LogP contribution in [0.5, 0.6) is 0 Å². The minimum atomic E-state index is -4.64. The van der Waals surface area contributed by atoms with E-state index in [0.717, 1.165) is 11.3 Å². The number of halogens is 3. The molecule has 0 fully saturated rings. The molecule has 8 heteroatoms. The quantitative estimate of drug-likeness (QED) is 0.907. The Balaban J connectivity index is 2.27. The number of aromatic nitrogens is 2. The van der Waals surface area contributed by atoms with Crippen molar-refractivity contribution in [2.75, 3.05) is 11.1 Å². The molecule has 1 unspecified atom stereocenters. The highest BCUT2D eigenvalue weighted by molar-refractivity contribution is 5.47. The van der Waals surface area contributed by atoms with Crippen molar-refractivity contribution in [1.82, 2.24) is 9.97 Å². The Morgan fingerprint density at radius 2 is 1.90 bits per heavy atom. The predicted octanol–water partition coefficient (Wildman–Crippen LogP) is 3.46. The molecule has 0 saturated heterocycles. The summed E-state index contributed by atoms with van der Waals surface area (Å²) in [4.78, 5) is 6.64. The van der Waals surface area contributed by atoms with Crippen LogP contribution >= 0.6 is 0 Å². The summed E-state index contributed by atoms with van der Waals surface area (Å²) < 4.78 is 43.4. The summed E-state index contributed by atoms with van der Waals surface area (Å²) in [5.41, 5.74) is 6.24. The van der Waals surface area contributed by atoms with Gasteiger partial charge in [0.2, 0.25) is 5.82 Å². The normalized spacial score (nSPS) is 13.2. The highest BCUT2D eigenvalue weighted by atomic mass is 19.4. The molecule has 0 aliphatic rings. The van der Waals surface area contributed by atoms with E-state index in [1.165, 1.54) is 6.07 Å². The van der Waals surface area contributed by atoms with Gasteiger partial charge in [0, 0.05) is 11.6 Å². The standard InChI is InChI=1S/C13H15F3N4O/c1-6-4-9(8(3)21-6)7(2)18-11-5-10(17)19-12(20-11)13(14,15)16/h4-5,7H,1-3H3,(H3,17,18,19,20). The third kappa shape index (κ3) is 3.45. The average Bonchev–Trinajstić information content (AvgIpc) is 2.66. The first-order valence-electron chi connectivity index (χ1n) is 6.22. The molecule has 21 heavy (non-hydrogen) atoms. The molecule has 2 aromatic rings. The third-order valence-corrected chi connectivity index (χ3v) is 2.91. The number of nitrogens with zero attached hydrogens (tertiary/aromatic N) is 2. The number of hydrogen-bond donors (Lipinski definition) is 2. The van der Waals surface area contributed by atoms with Gasteiger partial charge in [-0.1, -0.05) is 0 Å². The fourth-order valence-electron chi connectivity index (χ4n) is 2.05. The van der Waals surface area contributed by atoms with Crippen LogP contribution in [0.15, 0.2) is 16.5 Å². The second-order valence-corrected chi connectivity index (χ2v) is 4.73. The summed E-state index contributed by atoms with van der Waals surface area (Å²) in [6.07, 6.45) is -4.64. The van der Waals surface area contributed by atoms with Crippen molar-refractivity contribution in [2.24, 2.45) is 0 Å². The molecule has 0 radical (unpaired) electrons. The van der Waals surface area contributed by atoms with Gasteiger partial charge in [0.15, 0.2) is 0 Å². The number of nitrogen functional groups attached to an aromatic ring is 1. The lowest BCUT2D eigenvalue weighted by molar-refractivity contribution is -0.144. The summed E-state index contributed by atoms with van der Waals surface area (Å²) in [5.74, 6) is -0.0649. The molecule has 0 saturated carbocycles. The largest absolute Gasteiger partial charge is 0.466 e. The van der Waals surface area contributed by atoms with Crippen LogP contribution in [0.2, 0.25) is 0 Å². The van der Waals surface area contributed by atoms with Crippen LogP contribution in [-0.4, -0.2) is 9.97 Å². The Morgan fingerprint density at radius 1 is 1.24 bits per heavy atom. The third-order valence-electron chi connectivity index (χ3n) is 2.91. The van der Waals surface area contributed by atoms with Gasteiger partial charge in [0.05, 0.1) is 6.04 Å². The van der Waals surface area contributed by atoms with Crippen LogP contribution < -0.4 is 11.1 Å². The zero-order chi connectivity index (χ0) is 15.8. The fourth-order valence-corrected chi connectivity index (χ4v) is 2.05. The molecule has 114 valence electrons. The van der Waals surface area contributed by atoms with Crippen molar-refractivity contribution in [3.05, 3.63) is 35.0 Å². The number of nitrogens with one attached hydrogen (secondary N) is 1. The number of rotatable bonds is 3. The Bertz CT molecular complexity index is 651. The highest BCUT2D eigenvalue weighted by Gasteiger charge is 2.35. The molecule has 2 aromatic heterocycles. The summed E-state index contributed by atoms with van der Waals surface area (Å²) in [7, 11) is 0. The molecule has 0 aromatic carbocycles. The molecule has 0 aliphatic heterocycles. The van der Waals surface area contributed by atoms with Gasteiger partial charge in [-0.15, -0.1) is 0 Å². The Hall–Kier alpha value is -2.25. The zero-order valence-electron chi connectivity index (χ0n) is 11.7. The molecule has 5 nitrogen and oxygen atoms in total. The van der Waals surface area contributed by atoms with E-state index in [-0.39, 0.29) is 17.7 Å². The number of furan rings is 1. The van der Waals surface area contributed by atoms with E-state index in [4.69, 9.17) is 10.2 Å². The molecule has 2 rings (SSSR count). The van der Waals surface area contributed by atoms with Crippen LogP contribution in [0.4, 0.5) is 24.8 Å². The molecule has 1 atom stereocenters. The van der Waals surface area contributed by atoms with Crippen LogP contribution in [0, 0.1) is 13.8 Å². The summed E-state index contributed by atoms with van der Waals surface area (Å²) in [5, 5.41) is 2.87. The van der Waals surface area contributed by atoms with E-state index in [1.807, 2.05) is 6.07 Å². The molecule has 0 amide bonds. The van der Waals surface area contributed by atoms with Gasteiger partial charge in [0.25, 0.3) is 0 Å². The monoisotopic (exact) mass is 300 g/mol. The first-order valence-corrected chi connectivity index (χ1v) is 6.22. The van der Waals surface area contributed by atoms with Crippen molar-refractivity contribution in [3.8, 4) is 0 Å². The van der Waals surface area contributed by atoms with Gasteiger partial charge in [-0.25, -0.2) is 9.97 Å². The zero-order valence-corrected chi connectivity index (χ0v) is 11.7. The lowest BCUT2D eigenvalue weighted by atomic mass is 10.1. The fraction of sp³-hybridized carbons (Fsp3) is 0.385. The molecule has 0 spiro atoms. The van der Waals surface area contributed by atoms with Crippen molar-refractivity contribution in [3.63, 3.8) is 0 Å². The molecule has 2 heterocycles. The van der Waals surface area contributed by atoms with Gasteiger partial charge < -0.3 is 15.5 Å². The van der Waals surface area contributed by atoms with Gasteiger partial charge >= 0.3 is 6.18 Å². The molecule has 0 aliphatic carbocycles. The van der Waals surface area contributed by atoms with Crippen LogP contribution in [0.3, 0.4) is 0 Å². The summed E-state index contributed by atoms with van der Waals surface area (Å²) in [6, 6.07) is 2.80. The topological polar surface area (TPSA) is 77.0 Å². The number of nitrogens with two attached hydrogens (primary N) is 1. The lowest BCUT2D eigenvalue weighted by Crippen LogP contribution is -2.16. The number of alkyl halides is 3. The first kappa shape index (κ1) is 15.1. The van der Waals surface area contributed by atoms with E-state index in [0.29, 0.717) is 5.76 Å². The van der Waals surface area contributed by atoms with E-state index in [9.17, 15) is 13.2 Å². The predicted molar refractivity (Wildman–Crippen MR) is 71.7 cm³/mol. The number of anilines is 2. The minimum absolute atomic E-state index is 0.0144. The second kappa shape index (κ2) is 5.27. The molecule has 3 N–H and O–H groups in total. The Morgan fingerprint density at radius 3 is 2.43 bits per heavy atom. The van der Waals surface area contributed by atoms with E-state index in [2.05, 4.69) is 15.3 Å². The van der Waals surface area contributed by atoms with Gasteiger partial charge in [-0.05, 0) is 26.8 Å². The van der Waals surface area contributed by atoms with Gasteiger partial charge in [0.1, 0.15) is 23.2 Å². The maximum Gasteiger partial charge on any atom is 0.451 e. The highest BCUT2D eigenvalue weighted by Crippen LogP contribution is 2.29. The van der Waals surface area contributed by atoms with E-state index >= 15 is 0 Å². The minimum Gasteiger partial charge on any atom is -0.466 e. The van der Waals surface area contributed by atoms with Crippen LogP contribution in [0.25, 0.3) is 0 Å². The van der Waals surface area contributed by atoms with Crippen molar-refractivity contribution in [2.45, 2.75) is 33.0 Å². The summed E-state index contributed by atoms with van der Waals surface area (Å²) in [6.45, 7) is 5.38. The van der Waals surface area contributed by atoms with Crippen molar-refractivity contribution in [1.29, 1.82) is 0 Å². The van der Waals surface area contributed by atoms with Crippen LogP contribution in [0.1, 0.15) is 35.9 Å². The van der Waals surface area contributed by atoms with Crippen molar-refractivity contribution < 1.29 is 17.6 Å². The lowest BCUT2D eigenvalue weighted by Gasteiger charge is -2.15. The van der Waals surface area contributed by atoms with Gasteiger partial charge in [-0.2, -0.15) is 13.2 Å². The molecular weight excluding hydrogens is 285 g/mol. The Kier molecular flexibility index (Phi) is 3.80. The SMILES string of the molecule is Cc1cc(C(C)Nc2cc(N)nc(C(F)(F)F)n2)c(C)o1. The summed E-state index contributed by atoms with van der Waals surface area (Å²) >= 11 is 0. The smallest absolute Gasteiger partial charge is 0.451 e. The van der Waals surface area contributed by atoms with Crippen molar-refractivity contribution >= 4 is 11.6 Å². The van der Waals surface area contributed by atoms with Crippen LogP contribution in [-0.2, 0) is 6.18 Å². The molecular formula is C13H15F3N4O. The van der Waals surface area contributed by atoms with E-state index in [1.54, 1.807) is 20.8 Å². The Labute approximate surface area is 119 Å². The number of aryl methyl sites for hydroxylation is 2. The maximum atomic E-state index is 12.7. The van der Waals surface area contributed by atoms with E-state index < -0.39 is 12.0 Å². The molecule has 0 bridgehead atoms. The number of hydrogen-bond acceptors (Lipinski definition) is 5. The average molecular weight is 300 g/mol. The second-order valence-electron chi connectivity index (χ2n) is 4.73. The maximum absolute atomic E-state index is 12.7.